The highest BCUT2D eigenvalue weighted by atomic mass is 16.5. The number of hydrogen-bond donors (Lipinski definition) is 1. The van der Waals surface area contributed by atoms with Crippen molar-refractivity contribution in [2.75, 3.05) is 19.8 Å². The number of nitrogens with one attached hydrogen (secondary N) is 1. The second-order valence-corrected chi connectivity index (χ2v) is 4.47. The second-order valence-electron chi connectivity index (χ2n) is 4.47. The van der Waals surface area contributed by atoms with E-state index in [-0.39, 0.29) is 0 Å². The number of aromatic nitrogens is 2. The van der Waals surface area contributed by atoms with Crippen LogP contribution in [0.25, 0.3) is 0 Å². The van der Waals surface area contributed by atoms with Crippen molar-refractivity contribution in [2.24, 2.45) is 0 Å². The smallest absolute Gasteiger partial charge is 0.227 e. The lowest BCUT2D eigenvalue weighted by molar-refractivity contribution is 0.190. The Balaban J connectivity index is 1.72. The Morgan fingerprint density at radius 2 is 2.38 bits per heavy atom. The molecule has 1 saturated heterocycles. The Kier molecular flexibility index (Phi) is 3.90. The standard InChI is InChI=1S/C11H19N3O2/c1-8(2)11-13-10(16-14-11)3-5-12-9-4-6-15-7-9/h8-9,12H,3-7H2,1-2H3. The van der Waals surface area contributed by atoms with Gasteiger partial charge >= 0.3 is 0 Å². The maximum Gasteiger partial charge on any atom is 0.227 e. The summed E-state index contributed by atoms with van der Waals surface area (Å²) in [6.45, 7) is 6.68. The maximum absolute atomic E-state index is 5.28. The average molecular weight is 225 g/mol. The van der Waals surface area contributed by atoms with Crippen LogP contribution in [0.5, 0.6) is 0 Å². The molecule has 1 aliphatic rings. The van der Waals surface area contributed by atoms with Gasteiger partial charge in [0.1, 0.15) is 0 Å². The molecule has 1 aromatic rings. The highest BCUT2D eigenvalue weighted by Crippen LogP contribution is 2.09. The summed E-state index contributed by atoms with van der Waals surface area (Å²) in [6, 6.07) is 0.493. The minimum Gasteiger partial charge on any atom is -0.380 e. The van der Waals surface area contributed by atoms with E-state index in [2.05, 4.69) is 29.3 Å². The van der Waals surface area contributed by atoms with Gasteiger partial charge in [0, 0.05) is 31.5 Å². The molecule has 0 bridgehead atoms. The van der Waals surface area contributed by atoms with Crippen molar-refractivity contribution >= 4 is 0 Å². The molecule has 1 N–H and O–H groups in total. The van der Waals surface area contributed by atoms with E-state index in [4.69, 9.17) is 9.26 Å². The first-order valence-electron chi connectivity index (χ1n) is 5.89. The topological polar surface area (TPSA) is 60.2 Å². The van der Waals surface area contributed by atoms with E-state index < -0.39 is 0 Å². The zero-order valence-corrected chi connectivity index (χ0v) is 9.90. The third-order valence-corrected chi connectivity index (χ3v) is 2.70. The Morgan fingerprint density at radius 3 is 3.00 bits per heavy atom. The largest absolute Gasteiger partial charge is 0.380 e. The lowest BCUT2D eigenvalue weighted by Gasteiger charge is -2.07. The van der Waals surface area contributed by atoms with Crippen LogP contribution in [0, 0.1) is 0 Å². The third-order valence-electron chi connectivity index (χ3n) is 2.70. The summed E-state index contributed by atoms with van der Waals surface area (Å²) < 4.78 is 10.4. The fourth-order valence-corrected chi connectivity index (χ4v) is 1.68. The van der Waals surface area contributed by atoms with E-state index in [9.17, 15) is 0 Å². The van der Waals surface area contributed by atoms with Gasteiger partial charge in [0.2, 0.25) is 5.89 Å². The minimum atomic E-state index is 0.327. The van der Waals surface area contributed by atoms with Gasteiger partial charge < -0.3 is 14.6 Å². The van der Waals surface area contributed by atoms with Gasteiger partial charge in [-0.3, -0.25) is 0 Å². The molecular weight excluding hydrogens is 206 g/mol. The van der Waals surface area contributed by atoms with E-state index in [1.165, 1.54) is 0 Å². The average Bonchev–Trinajstić information content (AvgIpc) is 2.87. The van der Waals surface area contributed by atoms with Crippen LogP contribution in [0.3, 0.4) is 0 Å². The first kappa shape index (κ1) is 11.5. The molecule has 16 heavy (non-hydrogen) atoms. The molecule has 1 fully saturated rings. The molecule has 1 aliphatic heterocycles. The molecule has 0 aliphatic carbocycles. The Hall–Kier alpha value is -0.940. The molecule has 1 atom stereocenters. The van der Waals surface area contributed by atoms with Gasteiger partial charge in [-0.15, -0.1) is 0 Å². The molecule has 1 aromatic heterocycles. The van der Waals surface area contributed by atoms with Crippen molar-refractivity contribution in [3.63, 3.8) is 0 Å². The van der Waals surface area contributed by atoms with Crippen molar-refractivity contribution in [2.45, 2.75) is 38.6 Å². The van der Waals surface area contributed by atoms with E-state index in [0.717, 1.165) is 44.3 Å². The van der Waals surface area contributed by atoms with Gasteiger partial charge in [0.05, 0.1) is 6.61 Å². The van der Waals surface area contributed by atoms with Crippen molar-refractivity contribution in [3.05, 3.63) is 11.7 Å². The predicted octanol–water partition coefficient (Wildman–Crippen LogP) is 1.11. The molecule has 5 nitrogen and oxygen atoms in total. The molecule has 2 heterocycles. The Labute approximate surface area is 95.6 Å². The fraction of sp³-hybridized carbons (Fsp3) is 0.818. The van der Waals surface area contributed by atoms with Crippen LogP contribution in [0.4, 0.5) is 0 Å². The summed E-state index contributed by atoms with van der Waals surface area (Å²) in [5.41, 5.74) is 0. The molecule has 0 amide bonds. The Morgan fingerprint density at radius 1 is 1.50 bits per heavy atom. The van der Waals surface area contributed by atoms with Crippen molar-refractivity contribution in [1.29, 1.82) is 0 Å². The summed E-state index contributed by atoms with van der Waals surface area (Å²) in [5, 5.41) is 7.34. The first-order valence-corrected chi connectivity index (χ1v) is 5.89. The molecule has 0 aromatic carbocycles. The summed E-state index contributed by atoms with van der Waals surface area (Å²) in [4.78, 5) is 4.32. The van der Waals surface area contributed by atoms with Gasteiger partial charge in [-0.05, 0) is 6.42 Å². The van der Waals surface area contributed by atoms with Gasteiger partial charge in [-0.25, -0.2) is 0 Å². The third kappa shape index (κ3) is 3.02. The monoisotopic (exact) mass is 225 g/mol. The number of hydrogen-bond acceptors (Lipinski definition) is 5. The SMILES string of the molecule is CC(C)c1noc(CCNC2CCOC2)n1. The normalized spacial score (nSPS) is 20.8. The van der Waals surface area contributed by atoms with Gasteiger partial charge in [-0.2, -0.15) is 4.98 Å². The summed E-state index contributed by atoms with van der Waals surface area (Å²) in [5.74, 6) is 1.84. The van der Waals surface area contributed by atoms with Crippen LogP contribution >= 0.6 is 0 Å². The van der Waals surface area contributed by atoms with E-state index in [0.29, 0.717) is 12.0 Å². The quantitative estimate of drug-likeness (QED) is 0.813. The van der Waals surface area contributed by atoms with Crippen LogP contribution in [0.2, 0.25) is 0 Å². The lowest BCUT2D eigenvalue weighted by Crippen LogP contribution is -2.30. The van der Waals surface area contributed by atoms with Gasteiger partial charge in [0.15, 0.2) is 5.82 Å². The van der Waals surface area contributed by atoms with E-state index >= 15 is 0 Å². The number of ether oxygens (including phenoxy) is 1. The van der Waals surface area contributed by atoms with Crippen LogP contribution in [0.15, 0.2) is 4.52 Å². The van der Waals surface area contributed by atoms with E-state index in [1.54, 1.807) is 0 Å². The van der Waals surface area contributed by atoms with Crippen molar-refractivity contribution < 1.29 is 9.26 Å². The zero-order valence-electron chi connectivity index (χ0n) is 9.90. The molecular formula is C11H19N3O2. The molecule has 2 rings (SSSR count). The Bertz CT molecular complexity index is 319. The number of nitrogens with zero attached hydrogens (tertiary/aromatic N) is 2. The highest BCUT2D eigenvalue weighted by molar-refractivity contribution is 4.92. The molecule has 0 radical (unpaired) electrons. The fourth-order valence-electron chi connectivity index (χ4n) is 1.68. The van der Waals surface area contributed by atoms with Crippen LogP contribution in [-0.2, 0) is 11.2 Å². The van der Waals surface area contributed by atoms with Gasteiger partial charge in [-0.1, -0.05) is 19.0 Å². The van der Waals surface area contributed by atoms with Crippen LogP contribution in [-0.4, -0.2) is 35.9 Å². The molecule has 90 valence electrons. The zero-order chi connectivity index (χ0) is 11.4. The molecule has 1 unspecified atom stereocenters. The van der Waals surface area contributed by atoms with Gasteiger partial charge in [0.25, 0.3) is 0 Å². The highest BCUT2D eigenvalue weighted by Gasteiger charge is 2.15. The van der Waals surface area contributed by atoms with Crippen molar-refractivity contribution in [3.8, 4) is 0 Å². The summed E-state index contributed by atoms with van der Waals surface area (Å²) in [7, 11) is 0. The summed E-state index contributed by atoms with van der Waals surface area (Å²) in [6.07, 6.45) is 1.89. The second kappa shape index (κ2) is 5.41. The first-order chi connectivity index (χ1) is 7.75. The van der Waals surface area contributed by atoms with Crippen LogP contribution < -0.4 is 5.32 Å². The number of rotatable bonds is 5. The van der Waals surface area contributed by atoms with E-state index in [1.807, 2.05) is 0 Å². The molecule has 0 saturated carbocycles. The maximum atomic E-state index is 5.28. The predicted molar refractivity (Wildman–Crippen MR) is 59.3 cm³/mol. The minimum absolute atomic E-state index is 0.327. The van der Waals surface area contributed by atoms with Crippen molar-refractivity contribution in [1.82, 2.24) is 15.5 Å². The molecule has 5 heteroatoms. The summed E-state index contributed by atoms with van der Waals surface area (Å²) >= 11 is 0. The molecule has 0 spiro atoms. The lowest BCUT2D eigenvalue weighted by atomic mass is 10.2. The van der Waals surface area contributed by atoms with Crippen LogP contribution in [0.1, 0.15) is 37.9 Å².